The average molecular weight is 472 g/mol. The largest absolute Gasteiger partial charge is 0.452 e. The number of rotatable bonds is 3. The highest BCUT2D eigenvalue weighted by atomic mass is 35.5. The lowest BCUT2D eigenvalue weighted by atomic mass is 9.77. The third-order valence-corrected chi connectivity index (χ3v) is 5.79. The molecular weight excluding hydrogens is 454 g/mol. The summed E-state index contributed by atoms with van der Waals surface area (Å²) in [6.07, 6.45) is -3.41. The second-order valence-corrected chi connectivity index (χ2v) is 8.37. The van der Waals surface area contributed by atoms with Crippen LogP contribution in [0.15, 0.2) is 36.7 Å². The van der Waals surface area contributed by atoms with Crippen LogP contribution in [0.5, 0.6) is 0 Å². The second kappa shape index (κ2) is 7.63. The van der Waals surface area contributed by atoms with Gasteiger partial charge in [-0.15, -0.1) is 0 Å². The summed E-state index contributed by atoms with van der Waals surface area (Å²) in [5.74, 6) is -0.700. The Morgan fingerprint density at radius 1 is 1.34 bits per heavy atom. The Labute approximate surface area is 185 Å². The maximum absolute atomic E-state index is 14.4. The number of hydrogen-bond donors (Lipinski definition) is 1. The summed E-state index contributed by atoms with van der Waals surface area (Å²) in [4.78, 5) is 12.3. The summed E-state index contributed by atoms with van der Waals surface area (Å²) < 4.78 is 63.1. The molecule has 6 nitrogen and oxygen atoms in total. The number of carbonyl (C=O) groups is 1. The molecule has 0 aliphatic heterocycles. The molecule has 1 aromatic carbocycles. The van der Waals surface area contributed by atoms with Crippen molar-refractivity contribution in [3.63, 3.8) is 0 Å². The minimum Gasteiger partial charge on any atom is -0.452 e. The van der Waals surface area contributed by atoms with Crippen LogP contribution in [-0.4, -0.2) is 38.3 Å². The van der Waals surface area contributed by atoms with E-state index in [1.807, 2.05) is 0 Å². The minimum absolute atomic E-state index is 0.0296. The van der Waals surface area contributed by atoms with E-state index in [0.717, 1.165) is 34.8 Å². The van der Waals surface area contributed by atoms with E-state index in [2.05, 4.69) is 5.10 Å². The standard InChI is InChI=1S/C21H18ClF4N3O3/c1-20(31)7-12(8-20)29-18(21(24,25)26)13(9-27-29)16-6-11(10-28(16)19(30)32-2)17-14(22)4-3-5-15(17)23/h3-6,9-10,12,31H,7-8H2,1-2H3. The van der Waals surface area contributed by atoms with Crippen molar-refractivity contribution >= 4 is 17.7 Å². The third-order valence-electron chi connectivity index (χ3n) is 5.48. The molecule has 0 radical (unpaired) electrons. The first-order chi connectivity index (χ1) is 14.9. The maximum Gasteiger partial charge on any atom is 0.433 e. The van der Waals surface area contributed by atoms with Gasteiger partial charge in [0.25, 0.3) is 0 Å². The molecule has 32 heavy (non-hydrogen) atoms. The molecule has 2 aromatic heterocycles. The Bertz CT molecular complexity index is 1170. The highest BCUT2D eigenvalue weighted by Gasteiger charge is 2.46. The lowest BCUT2D eigenvalue weighted by Crippen LogP contribution is -2.43. The fourth-order valence-electron chi connectivity index (χ4n) is 4.07. The van der Waals surface area contributed by atoms with Gasteiger partial charge in [0.1, 0.15) is 5.82 Å². The van der Waals surface area contributed by atoms with E-state index in [1.165, 1.54) is 25.1 Å². The molecule has 4 rings (SSSR count). The molecule has 1 aliphatic carbocycles. The topological polar surface area (TPSA) is 69.3 Å². The number of nitrogens with zero attached hydrogens (tertiary/aromatic N) is 3. The molecule has 0 saturated heterocycles. The van der Waals surface area contributed by atoms with Crippen LogP contribution in [0.25, 0.3) is 22.4 Å². The van der Waals surface area contributed by atoms with E-state index in [0.29, 0.717) is 0 Å². The molecular formula is C21H18ClF4N3O3. The zero-order valence-electron chi connectivity index (χ0n) is 17.0. The second-order valence-electron chi connectivity index (χ2n) is 7.96. The lowest BCUT2D eigenvalue weighted by Gasteiger charge is -2.41. The van der Waals surface area contributed by atoms with Gasteiger partial charge in [-0.2, -0.15) is 18.3 Å². The van der Waals surface area contributed by atoms with E-state index < -0.39 is 35.4 Å². The van der Waals surface area contributed by atoms with Crippen LogP contribution >= 0.6 is 11.6 Å². The number of carbonyl (C=O) groups excluding carboxylic acids is 1. The molecule has 0 bridgehead atoms. The van der Waals surface area contributed by atoms with Crippen molar-refractivity contribution in [3.05, 3.63) is 53.2 Å². The molecule has 0 amide bonds. The van der Waals surface area contributed by atoms with Gasteiger partial charge in [-0.25, -0.2) is 9.18 Å². The zero-order valence-corrected chi connectivity index (χ0v) is 17.7. The molecule has 0 atom stereocenters. The minimum atomic E-state index is -4.81. The molecule has 3 aromatic rings. The molecule has 0 spiro atoms. The van der Waals surface area contributed by atoms with Gasteiger partial charge in [0, 0.05) is 22.9 Å². The molecule has 1 saturated carbocycles. The van der Waals surface area contributed by atoms with Gasteiger partial charge in [-0.3, -0.25) is 9.25 Å². The first-order valence-corrected chi connectivity index (χ1v) is 9.93. The van der Waals surface area contributed by atoms with Gasteiger partial charge in [-0.05, 0) is 38.0 Å². The Kier molecular flexibility index (Phi) is 5.33. The van der Waals surface area contributed by atoms with Crippen LogP contribution in [0.2, 0.25) is 5.02 Å². The molecule has 170 valence electrons. The van der Waals surface area contributed by atoms with Gasteiger partial charge in [0.2, 0.25) is 0 Å². The summed E-state index contributed by atoms with van der Waals surface area (Å²) in [7, 11) is 1.08. The highest BCUT2D eigenvalue weighted by Crippen LogP contribution is 2.46. The van der Waals surface area contributed by atoms with Gasteiger partial charge >= 0.3 is 12.3 Å². The third kappa shape index (κ3) is 3.77. The molecule has 1 N–H and O–H groups in total. The number of benzene rings is 1. The van der Waals surface area contributed by atoms with E-state index >= 15 is 0 Å². The number of hydrogen-bond acceptors (Lipinski definition) is 4. The van der Waals surface area contributed by atoms with Gasteiger partial charge < -0.3 is 9.84 Å². The average Bonchev–Trinajstić information content (AvgIpc) is 3.29. The Morgan fingerprint density at radius 3 is 2.59 bits per heavy atom. The predicted molar refractivity (Wildman–Crippen MR) is 108 cm³/mol. The molecule has 0 unspecified atom stereocenters. The summed E-state index contributed by atoms with van der Waals surface area (Å²) in [6, 6.07) is 4.54. The quantitative estimate of drug-likeness (QED) is 0.510. The van der Waals surface area contributed by atoms with Crippen LogP contribution in [0.1, 0.15) is 31.5 Å². The van der Waals surface area contributed by atoms with Crippen molar-refractivity contribution in [2.75, 3.05) is 7.11 Å². The Balaban J connectivity index is 1.91. The number of alkyl halides is 3. The number of aliphatic hydroxyl groups is 1. The molecule has 2 heterocycles. The van der Waals surface area contributed by atoms with E-state index in [-0.39, 0.29) is 40.2 Å². The van der Waals surface area contributed by atoms with E-state index in [1.54, 1.807) is 0 Å². The smallest absolute Gasteiger partial charge is 0.433 e. The van der Waals surface area contributed by atoms with Gasteiger partial charge in [0.05, 0.1) is 35.7 Å². The van der Waals surface area contributed by atoms with Crippen LogP contribution in [0.4, 0.5) is 22.4 Å². The molecule has 1 fully saturated rings. The number of ether oxygens (including phenoxy) is 1. The van der Waals surface area contributed by atoms with Gasteiger partial charge in [0.15, 0.2) is 5.69 Å². The normalized spacial score (nSPS) is 20.8. The van der Waals surface area contributed by atoms with Crippen LogP contribution in [0, 0.1) is 5.82 Å². The summed E-state index contributed by atoms with van der Waals surface area (Å²) in [5.41, 5.74) is -2.67. The van der Waals surface area contributed by atoms with E-state index in [4.69, 9.17) is 16.3 Å². The van der Waals surface area contributed by atoms with Crippen LogP contribution in [0.3, 0.4) is 0 Å². The van der Waals surface area contributed by atoms with Crippen molar-refractivity contribution in [2.24, 2.45) is 0 Å². The molecule has 1 aliphatic rings. The van der Waals surface area contributed by atoms with E-state index in [9.17, 15) is 27.5 Å². The predicted octanol–water partition coefficient (Wildman–Crippen LogP) is 5.53. The fourth-order valence-corrected chi connectivity index (χ4v) is 4.34. The van der Waals surface area contributed by atoms with Crippen molar-refractivity contribution in [1.29, 1.82) is 0 Å². The first-order valence-electron chi connectivity index (χ1n) is 9.55. The SMILES string of the molecule is COC(=O)n1cc(-c2c(F)cccc2Cl)cc1-c1cnn(C2CC(C)(O)C2)c1C(F)(F)F. The Morgan fingerprint density at radius 2 is 2.03 bits per heavy atom. The summed E-state index contributed by atoms with van der Waals surface area (Å²) in [5, 5.41) is 13.9. The summed E-state index contributed by atoms with van der Waals surface area (Å²) in [6.45, 7) is 1.54. The zero-order chi connectivity index (χ0) is 23.4. The fraction of sp³-hybridized carbons (Fsp3) is 0.333. The lowest BCUT2D eigenvalue weighted by molar-refractivity contribution is -0.148. The number of halogens is 5. The van der Waals surface area contributed by atoms with Crippen molar-refractivity contribution in [2.45, 2.75) is 37.6 Å². The number of aromatic nitrogens is 3. The van der Waals surface area contributed by atoms with Crippen molar-refractivity contribution in [1.82, 2.24) is 14.3 Å². The van der Waals surface area contributed by atoms with Crippen molar-refractivity contribution < 1.29 is 32.2 Å². The monoisotopic (exact) mass is 471 g/mol. The van der Waals surface area contributed by atoms with Crippen molar-refractivity contribution in [3.8, 4) is 22.4 Å². The molecule has 11 heteroatoms. The van der Waals surface area contributed by atoms with Gasteiger partial charge in [-0.1, -0.05) is 17.7 Å². The Hall–Kier alpha value is -2.85. The van der Waals surface area contributed by atoms with Crippen LogP contribution in [-0.2, 0) is 10.9 Å². The maximum atomic E-state index is 14.4. The first kappa shape index (κ1) is 22.3. The van der Waals surface area contributed by atoms with Crippen LogP contribution < -0.4 is 0 Å². The highest BCUT2D eigenvalue weighted by molar-refractivity contribution is 6.33. The summed E-state index contributed by atoms with van der Waals surface area (Å²) >= 11 is 6.10. The number of methoxy groups -OCH3 is 1.